The quantitative estimate of drug-likeness (QED) is 0.781. The average molecular weight is 313 g/mol. The van der Waals surface area contributed by atoms with Crippen molar-refractivity contribution in [1.82, 2.24) is 0 Å². The molecule has 2 aromatic carbocycles. The molecule has 0 spiro atoms. The molecule has 0 heterocycles. The minimum atomic E-state index is -3.68. The third-order valence-electron chi connectivity index (χ3n) is 3.39. The first-order valence-electron chi connectivity index (χ1n) is 7.05. The van der Waals surface area contributed by atoms with Crippen molar-refractivity contribution in [2.24, 2.45) is 0 Å². The van der Waals surface area contributed by atoms with Crippen molar-refractivity contribution >= 4 is 15.7 Å². The largest absolute Gasteiger partial charge is 0.268 e. The summed E-state index contributed by atoms with van der Waals surface area (Å²) >= 11 is 0. The number of rotatable bonds is 5. The van der Waals surface area contributed by atoms with Crippen molar-refractivity contribution in [2.75, 3.05) is 4.31 Å². The fourth-order valence-corrected chi connectivity index (χ4v) is 3.39. The van der Waals surface area contributed by atoms with Crippen LogP contribution in [0.15, 0.2) is 71.9 Å². The second-order valence-electron chi connectivity index (χ2n) is 4.97. The van der Waals surface area contributed by atoms with Crippen molar-refractivity contribution in [3.8, 4) is 0 Å². The molecule has 0 saturated heterocycles. The predicted molar refractivity (Wildman–Crippen MR) is 90.4 cm³/mol. The Hall–Kier alpha value is -2.29. The van der Waals surface area contributed by atoms with Gasteiger partial charge < -0.3 is 0 Å². The normalized spacial score (nSPS) is 10.8. The highest BCUT2D eigenvalue weighted by Gasteiger charge is 2.22. The van der Waals surface area contributed by atoms with Gasteiger partial charge in [-0.3, -0.25) is 0 Å². The van der Waals surface area contributed by atoms with E-state index < -0.39 is 10.0 Å². The molecule has 0 amide bonds. The zero-order chi connectivity index (χ0) is 16.2. The highest BCUT2D eigenvalue weighted by Crippen LogP contribution is 2.24. The molecule has 0 bridgehead atoms. The van der Waals surface area contributed by atoms with Crippen LogP contribution in [0.2, 0.25) is 0 Å². The lowest BCUT2D eigenvalue weighted by Crippen LogP contribution is -2.25. The van der Waals surface area contributed by atoms with Crippen molar-refractivity contribution in [3.05, 3.63) is 78.2 Å². The summed E-state index contributed by atoms with van der Waals surface area (Å²) in [6.45, 7) is 7.47. The molecule has 114 valence electrons. The Kier molecular flexibility index (Phi) is 4.86. The Labute approximate surface area is 132 Å². The minimum absolute atomic E-state index is 0.240. The Morgan fingerprint density at radius 2 is 1.68 bits per heavy atom. The fraction of sp³-hybridized carbons (Fsp3) is 0.167. The van der Waals surface area contributed by atoms with Gasteiger partial charge in [-0.15, -0.1) is 5.73 Å². The van der Waals surface area contributed by atoms with Crippen LogP contribution < -0.4 is 4.31 Å². The number of anilines is 1. The van der Waals surface area contributed by atoms with E-state index in [1.807, 2.05) is 19.1 Å². The molecule has 0 saturated carbocycles. The van der Waals surface area contributed by atoms with Gasteiger partial charge in [-0.1, -0.05) is 43.3 Å². The third-order valence-corrected chi connectivity index (χ3v) is 5.09. The fourth-order valence-electron chi connectivity index (χ4n) is 2.07. The molecule has 0 aliphatic carbocycles. The van der Waals surface area contributed by atoms with Gasteiger partial charge in [0.05, 0.1) is 16.8 Å². The summed E-state index contributed by atoms with van der Waals surface area (Å²) in [6, 6.07) is 14.2. The molecule has 0 N–H and O–H groups in total. The first-order valence-corrected chi connectivity index (χ1v) is 8.49. The SMILES string of the molecule is C=C=CN(c1ccc(CC)cc1)S(=O)(=O)c1ccc(C)cc1. The number of benzene rings is 2. The molecule has 0 aliphatic rings. The topological polar surface area (TPSA) is 37.4 Å². The highest BCUT2D eigenvalue weighted by molar-refractivity contribution is 7.93. The molecule has 0 atom stereocenters. The lowest BCUT2D eigenvalue weighted by atomic mass is 10.1. The maximum Gasteiger partial charge on any atom is 0.268 e. The summed E-state index contributed by atoms with van der Waals surface area (Å²) in [5, 5.41) is 0. The van der Waals surface area contributed by atoms with Crippen LogP contribution >= 0.6 is 0 Å². The van der Waals surface area contributed by atoms with E-state index in [1.54, 1.807) is 36.4 Å². The van der Waals surface area contributed by atoms with Gasteiger partial charge in [0.1, 0.15) is 0 Å². The number of nitrogens with zero attached hydrogens (tertiary/aromatic N) is 1. The van der Waals surface area contributed by atoms with Crippen molar-refractivity contribution in [3.63, 3.8) is 0 Å². The molecule has 0 aliphatic heterocycles. The summed E-state index contributed by atoms with van der Waals surface area (Å²) in [7, 11) is -3.68. The van der Waals surface area contributed by atoms with Gasteiger partial charge in [0, 0.05) is 0 Å². The highest BCUT2D eigenvalue weighted by atomic mass is 32.2. The van der Waals surface area contributed by atoms with Gasteiger partial charge in [-0.05, 0) is 43.2 Å². The molecular formula is C18H19NO2S. The summed E-state index contributed by atoms with van der Waals surface area (Å²) in [5.74, 6) is 0. The smallest absolute Gasteiger partial charge is 0.234 e. The van der Waals surface area contributed by atoms with E-state index in [2.05, 4.69) is 19.2 Å². The lowest BCUT2D eigenvalue weighted by Gasteiger charge is -2.20. The Balaban J connectivity index is 2.50. The zero-order valence-electron chi connectivity index (χ0n) is 12.8. The Morgan fingerprint density at radius 1 is 1.09 bits per heavy atom. The van der Waals surface area contributed by atoms with Crippen molar-refractivity contribution in [1.29, 1.82) is 0 Å². The molecule has 0 fully saturated rings. The van der Waals surface area contributed by atoms with Gasteiger partial charge in [0.25, 0.3) is 10.0 Å². The predicted octanol–water partition coefficient (Wildman–Crippen LogP) is 4.05. The lowest BCUT2D eigenvalue weighted by molar-refractivity contribution is 0.596. The molecule has 0 unspecified atom stereocenters. The van der Waals surface area contributed by atoms with Crippen LogP contribution in [0.3, 0.4) is 0 Å². The van der Waals surface area contributed by atoms with E-state index in [-0.39, 0.29) is 4.90 Å². The van der Waals surface area contributed by atoms with Crippen molar-refractivity contribution in [2.45, 2.75) is 25.2 Å². The van der Waals surface area contributed by atoms with E-state index in [1.165, 1.54) is 10.5 Å². The molecule has 22 heavy (non-hydrogen) atoms. The second-order valence-corrected chi connectivity index (χ2v) is 6.78. The van der Waals surface area contributed by atoms with E-state index in [0.29, 0.717) is 5.69 Å². The van der Waals surface area contributed by atoms with Crippen LogP contribution in [-0.4, -0.2) is 8.42 Å². The van der Waals surface area contributed by atoms with Crippen LogP contribution in [0, 0.1) is 6.92 Å². The average Bonchev–Trinajstić information content (AvgIpc) is 2.53. The molecule has 4 heteroatoms. The maximum absolute atomic E-state index is 12.8. The standard InChI is InChI=1S/C18H19NO2S/c1-4-14-19(17-10-8-16(5-2)9-11-17)22(20,21)18-12-6-15(3)7-13-18/h6-14H,1,5H2,2-3H3. The van der Waals surface area contributed by atoms with E-state index in [4.69, 9.17) is 0 Å². The van der Waals surface area contributed by atoms with E-state index in [9.17, 15) is 8.42 Å². The van der Waals surface area contributed by atoms with Crippen molar-refractivity contribution < 1.29 is 8.42 Å². The third kappa shape index (κ3) is 3.30. The number of aryl methyl sites for hydroxylation is 2. The summed E-state index contributed by atoms with van der Waals surface area (Å²) in [6.07, 6.45) is 2.25. The zero-order valence-corrected chi connectivity index (χ0v) is 13.6. The molecule has 0 aromatic heterocycles. The minimum Gasteiger partial charge on any atom is -0.234 e. The monoisotopic (exact) mass is 313 g/mol. The molecule has 2 rings (SSSR count). The van der Waals surface area contributed by atoms with E-state index >= 15 is 0 Å². The van der Waals surface area contributed by atoms with Gasteiger partial charge in [0.15, 0.2) is 0 Å². The molecule has 3 nitrogen and oxygen atoms in total. The molecular weight excluding hydrogens is 294 g/mol. The van der Waals surface area contributed by atoms with Gasteiger partial charge >= 0.3 is 0 Å². The van der Waals surface area contributed by atoms with Crippen LogP contribution in [-0.2, 0) is 16.4 Å². The first-order chi connectivity index (χ1) is 10.5. The molecule has 0 radical (unpaired) electrons. The number of hydrogen-bond acceptors (Lipinski definition) is 2. The van der Waals surface area contributed by atoms with Gasteiger partial charge in [-0.25, -0.2) is 12.7 Å². The van der Waals surface area contributed by atoms with Crippen LogP contribution in [0.25, 0.3) is 0 Å². The van der Waals surface area contributed by atoms with Gasteiger partial charge in [0.2, 0.25) is 0 Å². The Bertz CT molecular complexity index is 784. The second kappa shape index (κ2) is 6.65. The van der Waals surface area contributed by atoms with Gasteiger partial charge in [-0.2, -0.15) is 0 Å². The number of sulfonamides is 1. The van der Waals surface area contributed by atoms with Crippen LogP contribution in [0.1, 0.15) is 18.1 Å². The molecule has 2 aromatic rings. The summed E-state index contributed by atoms with van der Waals surface area (Å²) in [5.41, 5.74) is 5.28. The van der Waals surface area contributed by atoms with Crippen LogP contribution in [0.4, 0.5) is 5.69 Å². The Morgan fingerprint density at radius 3 is 2.18 bits per heavy atom. The van der Waals surface area contributed by atoms with Crippen LogP contribution in [0.5, 0.6) is 0 Å². The number of hydrogen-bond donors (Lipinski definition) is 0. The van der Waals surface area contributed by atoms with E-state index in [0.717, 1.165) is 17.5 Å². The summed E-state index contributed by atoms with van der Waals surface area (Å²) < 4.78 is 26.8. The first kappa shape index (κ1) is 16.1. The maximum atomic E-state index is 12.8. The summed E-state index contributed by atoms with van der Waals surface area (Å²) in [4.78, 5) is 0.240.